The van der Waals surface area contributed by atoms with Gasteiger partial charge in [-0.1, -0.05) is 24.3 Å². The predicted octanol–water partition coefficient (Wildman–Crippen LogP) is 6.89. The molecule has 2 N–H and O–H groups in total. The van der Waals surface area contributed by atoms with E-state index < -0.39 is 5.97 Å². The van der Waals surface area contributed by atoms with Crippen molar-refractivity contribution in [3.05, 3.63) is 87.5 Å². The van der Waals surface area contributed by atoms with Gasteiger partial charge in [-0.3, -0.25) is 0 Å². The number of fused-ring (bicyclic) bond motifs is 5. The lowest BCUT2D eigenvalue weighted by Crippen LogP contribution is -2.18. The highest BCUT2D eigenvalue weighted by atomic mass is 16.5. The fraction of sp³-hybridized carbons (Fsp3) is 0.367. The number of carboxylic acid groups (broad SMARTS) is 1. The molecule has 2 aliphatic carbocycles. The van der Waals surface area contributed by atoms with Crippen molar-refractivity contribution in [3.8, 4) is 16.9 Å². The normalized spacial score (nSPS) is 19.2. The standard InChI is InChI=1S/C30H33NO3/c1-17-10-24(15-26(18(17)2)30(32)33)28-12-20(11-27-22-8-9-23(13-22)29(27)28)16-31-19(3)21-6-5-7-25(14-21)34-4/h5-7,10-12,14-15,19,22-23,31H,8-9,13,16H2,1-4H3,(H,32,33)/t19-,22?,23?/m1/s1. The van der Waals surface area contributed by atoms with Crippen LogP contribution in [0.4, 0.5) is 0 Å². The Balaban J connectivity index is 1.51. The summed E-state index contributed by atoms with van der Waals surface area (Å²) in [6.45, 7) is 6.84. The topological polar surface area (TPSA) is 58.6 Å². The van der Waals surface area contributed by atoms with Gasteiger partial charge in [0.25, 0.3) is 0 Å². The maximum Gasteiger partial charge on any atom is 0.335 e. The number of carboxylic acids is 1. The third-order valence-corrected chi connectivity index (χ3v) is 7.97. The highest BCUT2D eigenvalue weighted by molar-refractivity contribution is 5.92. The highest BCUT2D eigenvalue weighted by Gasteiger charge is 2.39. The Labute approximate surface area is 202 Å². The van der Waals surface area contributed by atoms with Crippen LogP contribution in [0, 0.1) is 13.8 Å². The minimum atomic E-state index is -0.856. The van der Waals surface area contributed by atoms with E-state index in [9.17, 15) is 9.90 Å². The number of hydrogen-bond acceptors (Lipinski definition) is 3. The van der Waals surface area contributed by atoms with Crippen LogP contribution in [0.25, 0.3) is 11.1 Å². The number of methoxy groups -OCH3 is 1. The third-order valence-electron chi connectivity index (χ3n) is 7.97. The van der Waals surface area contributed by atoms with E-state index in [0.717, 1.165) is 29.0 Å². The quantitative estimate of drug-likeness (QED) is 0.407. The molecule has 1 fully saturated rings. The summed E-state index contributed by atoms with van der Waals surface area (Å²) < 4.78 is 5.39. The molecule has 34 heavy (non-hydrogen) atoms. The van der Waals surface area contributed by atoms with Gasteiger partial charge in [0, 0.05) is 12.6 Å². The molecule has 0 saturated heterocycles. The molecule has 0 spiro atoms. The Morgan fingerprint density at radius 3 is 2.68 bits per heavy atom. The average Bonchev–Trinajstić information content (AvgIpc) is 3.46. The molecule has 0 radical (unpaired) electrons. The summed E-state index contributed by atoms with van der Waals surface area (Å²) >= 11 is 0. The number of aryl methyl sites for hydroxylation is 1. The molecule has 2 aliphatic rings. The Kier molecular flexibility index (Phi) is 5.95. The molecule has 176 valence electrons. The lowest BCUT2D eigenvalue weighted by atomic mass is 9.83. The van der Waals surface area contributed by atoms with Crippen molar-refractivity contribution >= 4 is 5.97 Å². The van der Waals surface area contributed by atoms with E-state index in [-0.39, 0.29) is 6.04 Å². The van der Waals surface area contributed by atoms with Crippen molar-refractivity contribution in [1.82, 2.24) is 5.32 Å². The second kappa shape index (κ2) is 8.92. The van der Waals surface area contributed by atoms with E-state index in [1.165, 1.54) is 47.1 Å². The molecule has 0 aliphatic heterocycles. The van der Waals surface area contributed by atoms with E-state index in [2.05, 4.69) is 42.6 Å². The van der Waals surface area contributed by atoms with Crippen molar-refractivity contribution in [3.63, 3.8) is 0 Å². The van der Waals surface area contributed by atoms with Gasteiger partial charge >= 0.3 is 5.97 Å². The Bertz CT molecular complexity index is 1260. The molecular formula is C30H33NO3. The van der Waals surface area contributed by atoms with E-state index in [0.29, 0.717) is 17.4 Å². The summed E-state index contributed by atoms with van der Waals surface area (Å²) in [7, 11) is 1.69. The van der Waals surface area contributed by atoms with E-state index in [1.54, 1.807) is 7.11 Å². The molecule has 3 atom stereocenters. The molecule has 0 aromatic heterocycles. The largest absolute Gasteiger partial charge is 0.497 e. The number of benzene rings is 3. The summed E-state index contributed by atoms with van der Waals surface area (Å²) in [4.78, 5) is 11.9. The van der Waals surface area contributed by atoms with Crippen LogP contribution in [-0.4, -0.2) is 18.2 Å². The molecule has 2 bridgehead atoms. The Morgan fingerprint density at radius 2 is 1.91 bits per heavy atom. The van der Waals surface area contributed by atoms with Gasteiger partial charge < -0.3 is 15.2 Å². The Hall–Kier alpha value is -3.11. The first-order valence-electron chi connectivity index (χ1n) is 12.2. The molecule has 4 nitrogen and oxygen atoms in total. The number of ether oxygens (including phenoxy) is 1. The highest BCUT2D eigenvalue weighted by Crippen LogP contribution is 2.56. The van der Waals surface area contributed by atoms with Crippen molar-refractivity contribution < 1.29 is 14.6 Å². The van der Waals surface area contributed by atoms with Gasteiger partial charge in [0.05, 0.1) is 12.7 Å². The summed E-state index contributed by atoms with van der Waals surface area (Å²) in [5, 5.41) is 13.5. The first-order valence-corrected chi connectivity index (χ1v) is 12.2. The van der Waals surface area contributed by atoms with Crippen LogP contribution in [0.5, 0.6) is 5.75 Å². The van der Waals surface area contributed by atoms with Gasteiger partial charge in [-0.15, -0.1) is 0 Å². The van der Waals surface area contributed by atoms with E-state index in [1.807, 2.05) is 32.0 Å². The third kappa shape index (κ3) is 4.01. The van der Waals surface area contributed by atoms with E-state index >= 15 is 0 Å². The number of carbonyl (C=O) groups is 1. The second-order valence-corrected chi connectivity index (χ2v) is 10.0. The van der Waals surface area contributed by atoms with Gasteiger partial charge in [-0.25, -0.2) is 4.79 Å². The number of hydrogen-bond donors (Lipinski definition) is 2. The minimum absolute atomic E-state index is 0.184. The predicted molar refractivity (Wildman–Crippen MR) is 136 cm³/mol. The fourth-order valence-corrected chi connectivity index (χ4v) is 5.93. The van der Waals surface area contributed by atoms with Crippen molar-refractivity contribution in [2.24, 2.45) is 0 Å². The van der Waals surface area contributed by atoms with Crippen LogP contribution in [0.2, 0.25) is 0 Å². The molecule has 3 aromatic rings. The number of rotatable bonds is 7. The van der Waals surface area contributed by atoms with Crippen LogP contribution in [0.15, 0.2) is 48.5 Å². The van der Waals surface area contributed by atoms with Gasteiger partial charge in [0.1, 0.15) is 5.75 Å². The molecule has 1 saturated carbocycles. The first-order chi connectivity index (χ1) is 16.4. The Morgan fingerprint density at radius 1 is 1.12 bits per heavy atom. The van der Waals surface area contributed by atoms with E-state index in [4.69, 9.17) is 4.74 Å². The van der Waals surface area contributed by atoms with Crippen molar-refractivity contribution in [1.29, 1.82) is 0 Å². The molecule has 2 unspecified atom stereocenters. The van der Waals surface area contributed by atoms with Gasteiger partial charge in [0.2, 0.25) is 0 Å². The maximum absolute atomic E-state index is 11.9. The lowest BCUT2D eigenvalue weighted by Gasteiger charge is -2.23. The molecular weight excluding hydrogens is 422 g/mol. The second-order valence-electron chi connectivity index (χ2n) is 10.0. The van der Waals surface area contributed by atoms with Crippen LogP contribution in [0.3, 0.4) is 0 Å². The average molecular weight is 456 g/mol. The van der Waals surface area contributed by atoms with Gasteiger partial charge in [-0.2, -0.15) is 0 Å². The molecule has 0 amide bonds. The SMILES string of the molecule is COc1cccc([C@@H](C)NCc2cc(-c3cc(C)c(C)c(C(=O)O)c3)c3c(c2)C2CCC3C2)c1. The first kappa shape index (κ1) is 22.7. The fourth-order valence-electron chi connectivity index (χ4n) is 5.93. The summed E-state index contributed by atoms with van der Waals surface area (Å²) in [6, 6.07) is 17.1. The minimum Gasteiger partial charge on any atom is -0.497 e. The monoisotopic (exact) mass is 455 g/mol. The van der Waals surface area contributed by atoms with Crippen molar-refractivity contribution in [2.75, 3.05) is 7.11 Å². The summed E-state index contributed by atoms with van der Waals surface area (Å²) in [6.07, 6.45) is 3.74. The zero-order valence-electron chi connectivity index (χ0n) is 20.4. The molecule has 4 heteroatoms. The number of aromatic carboxylic acids is 1. The molecule has 3 aromatic carbocycles. The summed E-state index contributed by atoms with van der Waals surface area (Å²) in [5.74, 6) is 1.25. The van der Waals surface area contributed by atoms with Crippen LogP contribution in [-0.2, 0) is 6.54 Å². The molecule has 0 heterocycles. The zero-order chi connectivity index (χ0) is 24.0. The summed E-state index contributed by atoms with van der Waals surface area (Å²) in [5.41, 5.74) is 9.93. The lowest BCUT2D eigenvalue weighted by molar-refractivity contribution is 0.0696. The van der Waals surface area contributed by atoms with Crippen LogP contribution < -0.4 is 10.1 Å². The van der Waals surface area contributed by atoms with Gasteiger partial charge in [-0.05, 0) is 121 Å². The molecule has 5 rings (SSSR count). The number of nitrogens with one attached hydrogen (secondary N) is 1. The van der Waals surface area contributed by atoms with Gasteiger partial charge in [0.15, 0.2) is 0 Å². The van der Waals surface area contributed by atoms with Crippen molar-refractivity contribution in [2.45, 2.75) is 64.5 Å². The maximum atomic E-state index is 11.9. The van der Waals surface area contributed by atoms with Crippen LogP contribution >= 0.6 is 0 Å². The zero-order valence-corrected chi connectivity index (χ0v) is 20.4. The smallest absolute Gasteiger partial charge is 0.335 e. The van der Waals surface area contributed by atoms with Crippen LogP contribution in [0.1, 0.15) is 87.8 Å².